The third kappa shape index (κ3) is 6.01. The number of hydrogen-bond donors (Lipinski definition) is 1. The summed E-state index contributed by atoms with van der Waals surface area (Å²) in [5, 5.41) is 2.84. The second-order valence-electron chi connectivity index (χ2n) is 8.41. The number of nitrogens with zero attached hydrogens (tertiary/aromatic N) is 1. The minimum atomic E-state index is -0.403. The molecular formula is C25H30N2O5. The molecule has 2 saturated heterocycles. The van der Waals surface area contributed by atoms with Gasteiger partial charge in [0.05, 0.1) is 25.3 Å². The summed E-state index contributed by atoms with van der Waals surface area (Å²) < 4.78 is 16.5. The monoisotopic (exact) mass is 438 g/mol. The van der Waals surface area contributed by atoms with Gasteiger partial charge in [0.1, 0.15) is 13.2 Å². The molecule has 2 atom stereocenters. The average molecular weight is 439 g/mol. The van der Waals surface area contributed by atoms with Crippen molar-refractivity contribution in [3.63, 3.8) is 0 Å². The van der Waals surface area contributed by atoms with Gasteiger partial charge in [-0.15, -0.1) is 0 Å². The maximum absolute atomic E-state index is 12.8. The molecule has 32 heavy (non-hydrogen) atoms. The van der Waals surface area contributed by atoms with Crippen LogP contribution in [0.1, 0.15) is 30.4 Å². The highest BCUT2D eigenvalue weighted by Crippen LogP contribution is 2.33. The zero-order valence-electron chi connectivity index (χ0n) is 18.2. The number of carbonyl (C=O) groups is 2. The fourth-order valence-electron chi connectivity index (χ4n) is 4.51. The Hall–Kier alpha value is -3.06. The van der Waals surface area contributed by atoms with Crippen molar-refractivity contribution in [2.75, 3.05) is 19.8 Å². The average Bonchev–Trinajstić information content (AvgIpc) is 2.82. The molecule has 2 fully saturated rings. The van der Waals surface area contributed by atoms with Gasteiger partial charge in [0, 0.05) is 6.54 Å². The normalized spacial score (nSPS) is 22.1. The standard InChI is InChI=1S/C25H30N2O5/c28-24(31-15-19-7-3-1-4-8-19)26-12-11-21-13-22-17-30-18-23(14-21)27(22)25(29)32-16-20-9-5-2-6-10-20/h1-10,21-23H,11-18H2,(H,26,28). The molecular weight excluding hydrogens is 408 g/mol. The molecule has 2 aliphatic rings. The maximum Gasteiger partial charge on any atom is 0.410 e. The van der Waals surface area contributed by atoms with E-state index in [9.17, 15) is 9.59 Å². The van der Waals surface area contributed by atoms with E-state index in [-0.39, 0.29) is 31.4 Å². The number of amides is 2. The number of hydrogen-bond acceptors (Lipinski definition) is 5. The molecule has 0 spiro atoms. The van der Waals surface area contributed by atoms with Crippen LogP contribution >= 0.6 is 0 Å². The molecule has 7 nitrogen and oxygen atoms in total. The van der Waals surface area contributed by atoms with Crippen molar-refractivity contribution in [1.29, 1.82) is 0 Å². The summed E-state index contributed by atoms with van der Waals surface area (Å²) in [6.07, 6.45) is 1.86. The number of fused-ring (bicyclic) bond motifs is 2. The van der Waals surface area contributed by atoms with Crippen molar-refractivity contribution < 1.29 is 23.8 Å². The quantitative estimate of drug-likeness (QED) is 0.704. The van der Waals surface area contributed by atoms with Gasteiger partial charge in [-0.25, -0.2) is 9.59 Å². The lowest BCUT2D eigenvalue weighted by Crippen LogP contribution is -2.59. The van der Waals surface area contributed by atoms with Gasteiger partial charge in [-0.3, -0.25) is 4.90 Å². The van der Waals surface area contributed by atoms with Gasteiger partial charge >= 0.3 is 12.2 Å². The first-order valence-electron chi connectivity index (χ1n) is 11.2. The highest BCUT2D eigenvalue weighted by molar-refractivity contribution is 5.69. The summed E-state index contributed by atoms with van der Waals surface area (Å²) in [6, 6.07) is 19.3. The molecule has 2 heterocycles. The fourth-order valence-corrected chi connectivity index (χ4v) is 4.51. The Balaban J connectivity index is 1.20. The molecule has 2 aromatic rings. The highest BCUT2D eigenvalue weighted by Gasteiger charge is 2.42. The Morgan fingerprint density at radius 3 is 2.03 bits per heavy atom. The second-order valence-corrected chi connectivity index (χ2v) is 8.41. The molecule has 0 radical (unpaired) electrons. The summed E-state index contributed by atoms with van der Waals surface area (Å²) in [7, 11) is 0. The first kappa shape index (κ1) is 22.1. The Morgan fingerprint density at radius 1 is 0.875 bits per heavy atom. The number of morpholine rings is 1. The van der Waals surface area contributed by atoms with Crippen LogP contribution < -0.4 is 5.32 Å². The van der Waals surface area contributed by atoms with E-state index in [1.807, 2.05) is 65.6 Å². The summed E-state index contributed by atoms with van der Waals surface area (Å²) in [5.74, 6) is 0.418. The van der Waals surface area contributed by atoms with Crippen LogP contribution in [0.25, 0.3) is 0 Å². The molecule has 2 amide bonds. The second kappa shape index (κ2) is 11.0. The van der Waals surface area contributed by atoms with Crippen LogP contribution in [-0.4, -0.2) is 48.9 Å². The SMILES string of the molecule is O=C(NCCC1CC2COCC(C1)N2C(=O)OCc1ccccc1)OCc1ccccc1. The molecule has 0 aliphatic carbocycles. The maximum atomic E-state index is 12.8. The molecule has 7 heteroatoms. The number of rotatable bonds is 7. The van der Waals surface area contributed by atoms with Crippen molar-refractivity contribution in [3.05, 3.63) is 71.8 Å². The number of benzene rings is 2. The van der Waals surface area contributed by atoms with Crippen molar-refractivity contribution in [1.82, 2.24) is 10.2 Å². The summed E-state index contributed by atoms with van der Waals surface area (Å²) in [6.45, 7) is 2.14. The van der Waals surface area contributed by atoms with Gasteiger partial charge in [0.2, 0.25) is 0 Å². The van der Waals surface area contributed by atoms with Crippen LogP contribution in [0.4, 0.5) is 9.59 Å². The molecule has 2 unspecified atom stereocenters. The number of alkyl carbamates (subject to hydrolysis) is 1. The predicted octanol–water partition coefficient (Wildman–Crippen LogP) is 4.12. The Morgan fingerprint density at radius 2 is 1.44 bits per heavy atom. The Kier molecular flexibility index (Phi) is 7.61. The minimum absolute atomic E-state index is 0.0146. The zero-order chi connectivity index (χ0) is 22.2. The molecule has 2 aliphatic heterocycles. The Bertz CT molecular complexity index is 862. The topological polar surface area (TPSA) is 77.1 Å². The van der Waals surface area contributed by atoms with Crippen LogP contribution in [0.3, 0.4) is 0 Å². The lowest BCUT2D eigenvalue weighted by atomic mass is 9.83. The lowest BCUT2D eigenvalue weighted by Gasteiger charge is -2.47. The van der Waals surface area contributed by atoms with Crippen LogP contribution in [0.15, 0.2) is 60.7 Å². The largest absolute Gasteiger partial charge is 0.445 e. The number of carbonyl (C=O) groups excluding carboxylic acids is 2. The van der Waals surface area contributed by atoms with Crippen LogP contribution in [-0.2, 0) is 27.4 Å². The highest BCUT2D eigenvalue weighted by atomic mass is 16.6. The van der Waals surface area contributed by atoms with Crippen LogP contribution in [0.2, 0.25) is 0 Å². The molecule has 1 N–H and O–H groups in total. The summed E-state index contributed by atoms with van der Waals surface area (Å²) in [5.41, 5.74) is 1.93. The van der Waals surface area contributed by atoms with Gasteiger partial charge in [-0.2, -0.15) is 0 Å². The first-order valence-corrected chi connectivity index (χ1v) is 11.2. The van der Waals surface area contributed by atoms with Gasteiger partial charge in [-0.05, 0) is 36.3 Å². The molecule has 2 aromatic carbocycles. The van der Waals surface area contributed by atoms with E-state index in [1.54, 1.807) is 0 Å². The lowest BCUT2D eigenvalue weighted by molar-refractivity contribution is -0.0800. The van der Waals surface area contributed by atoms with Crippen LogP contribution in [0.5, 0.6) is 0 Å². The smallest absolute Gasteiger partial charge is 0.410 e. The van der Waals surface area contributed by atoms with E-state index >= 15 is 0 Å². The third-order valence-electron chi connectivity index (χ3n) is 6.07. The van der Waals surface area contributed by atoms with Crippen molar-refractivity contribution >= 4 is 12.2 Å². The number of piperidine rings is 1. The van der Waals surface area contributed by atoms with Crippen molar-refractivity contribution in [2.24, 2.45) is 5.92 Å². The van der Waals surface area contributed by atoms with Crippen molar-refractivity contribution in [3.8, 4) is 0 Å². The van der Waals surface area contributed by atoms with E-state index < -0.39 is 6.09 Å². The predicted molar refractivity (Wildman–Crippen MR) is 119 cm³/mol. The molecule has 170 valence electrons. The third-order valence-corrected chi connectivity index (χ3v) is 6.07. The number of nitrogens with one attached hydrogen (secondary N) is 1. The van der Waals surface area contributed by atoms with Gasteiger partial charge < -0.3 is 19.5 Å². The van der Waals surface area contributed by atoms with Crippen LogP contribution in [0, 0.1) is 5.92 Å². The Labute approximate surface area is 188 Å². The zero-order valence-corrected chi connectivity index (χ0v) is 18.2. The molecule has 0 saturated carbocycles. The summed E-state index contributed by atoms with van der Waals surface area (Å²) in [4.78, 5) is 26.6. The van der Waals surface area contributed by atoms with E-state index in [4.69, 9.17) is 14.2 Å². The molecule has 2 bridgehead atoms. The van der Waals surface area contributed by atoms with E-state index in [0.717, 1.165) is 30.4 Å². The van der Waals surface area contributed by atoms with Gasteiger partial charge in [0.25, 0.3) is 0 Å². The van der Waals surface area contributed by atoms with Gasteiger partial charge in [0.15, 0.2) is 0 Å². The minimum Gasteiger partial charge on any atom is -0.445 e. The first-order chi connectivity index (χ1) is 15.7. The van der Waals surface area contributed by atoms with E-state index in [1.165, 1.54) is 0 Å². The number of ether oxygens (including phenoxy) is 3. The molecule has 4 rings (SSSR count). The summed E-state index contributed by atoms with van der Waals surface area (Å²) >= 11 is 0. The molecule has 0 aromatic heterocycles. The van der Waals surface area contributed by atoms with E-state index in [2.05, 4.69) is 5.32 Å². The van der Waals surface area contributed by atoms with Gasteiger partial charge in [-0.1, -0.05) is 60.7 Å². The van der Waals surface area contributed by atoms with Crippen molar-refractivity contribution in [2.45, 2.75) is 44.6 Å². The van der Waals surface area contributed by atoms with E-state index in [0.29, 0.717) is 25.7 Å². The fraction of sp³-hybridized carbons (Fsp3) is 0.440.